The van der Waals surface area contributed by atoms with Gasteiger partial charge in [-0.05, 0) is 73.6 Å². The molecule has 0 aliphatic heterocycles. The lowest BCUT2D eigenvalue weighted by atomic mass is 9.77. The van der Waals surface area contributed by atoms with Crippen LogP contribution in [0.25, 0.3) is 0 Å². The Morgan fingerprint density at radius 1 is 0.947 bits per heavy atom. The van der Waals surface area contributed by atoms with Gasteiger partial charge in [-0.15, -0.1) is 0 Å². The van der Waals surface area contributed by atoms with Gasteiger partial charge in [0.15, 0.2) is 0 Å². The fourth-order valence-electron chi connectivity index (χ4n) is 5.68. The molecule has 1 aromatic carbocycles. The van der Waals surface area contributed by atoms with Crippen LogP contribution in [-0.4, -0.2) is 18.2 Å². The fourth-order valence-corrected chi connectivity index (χ4v) is 5.68. The maximum Gasteiger partial charge on any atom is 0.284 e. The predicted molar refractivity (Wildman–Crippen MR) is 151 cm³/mol. The van der Waals surface area contributed by atoms with Crippen LogP contribution in [0, 0.1) is 11.9 Å². The molecule has 38 heavy (non-hydrogen) atoms. The molecule has 2 aromatic rings. The molecule has 0 spiro atoms. The van der Waals surface area contributed by atoms with E-state index in [1.54, 1.807) is 6.07 Å². The van der Waals surface area contributed by atoms with Crippen molar-refractivity contribution < 1.29 is 17.9 Å². The van der Waals surface area contributed by atoms with Gasteiger partial charge in [0, 0.05) is 18.9 Å². The second-order valence-electron chi connectivity index (χ2n) is 11.3. The van der Waals surface area contributed by atoms with E-state index in [1.807, 2.05) is 24.3 Å². The number of nitrogens with zero attached hydrogens (tertiary/aromatic N) is 1. The van der Waals surface area contributed by atoms with E-state index in [0.717, 1.165) is 70.1 Å². The van der Waals surface area contributed by atoms with Gasteiger partial charge in [0.25, 0.3) is 5.92 Å². The molecule has 0 amide bonds. The quantitative estimate of drug-likeness (QED) is 0.150. The van der Waals surface area contributed by atoms with Gasteiger partial charge in [-0.1, -0.05) is 90.0 Å². The molecule has 3 rings (SSSR count). The Hall–Kier alpha value is -1.88. The number of fused-ring (bicyclic) bond motifs is 1. The molecule has 0 radical (unpaired) electrons. The summed E-state index contributed by atoms with van der Waals surface area (Å²) in [7, 11) is 0. The number of hydrogen-bond donors (Lipinski definition) is 0. The van der Waals surface area contributed by atoms with Crippen LogP contribution in [0.5, 0.6) is 0 Å². The maximum atomic E-state index is 15.6. The zero-order chi connectivity index (χ0) is 27.4. The summed E-state index contributed by atoms with van der Waals surface area (Å²) in [5.41, 5.74) is 2.27. The highest BCUT2D eigenvalue weighted by Gasteiger charge is 2.49. The minimum Gasteiger partial charge on any atom is -0.381 e. The molecule has 212 valence electrons. The molecule has 0 saturated heterocycles. The highest BCUT2D eigenvalue weighted by molar-refractivity contribution is 5.39. The summed E-state index contributed by atoms with van der Waals surface area (Å²) in [5.74, 6) is -4.92. The smallest absolute Gasteiger partial charge is 0.284 e. The molecule has 0 fully saturated rings. The number of aromatic nitrogens is 1. The molecular formula is C33H48F3NO. The van der Waals surface area contributed by atoms with E-state index < -0.39 is 23.4 Å². The SMILES string of the molecule is CCCCCCOCCCCCc1ccc(C2CCc3cc(CC(C)CCCC)nc(F)c3C2(F)F)cc1. The molecule has 1 aliphatic carbocycles. The summed E-state index contributed by atoms with van der Waals surface area (Å²) in [5, 5.41) is 0. The van der Waals surface area contributed by atoms with Gasteiger partial charge in [0.2, 0.25) is 5.95 Å². The summed E-state index contributed by atoms with van der Waals surface area (Å²) in [6.45, 7) is 8.14. The Morgan fingerprint density at radius 2 is 1.63 bits per heavy atom. The van der Waals surface area contributed by atoms with E-state index in [0.29, 0.717) is 42.0 Å². The standard InChI is InChI=1S/C33H48F3NO/c1-4-6-8-11-21-38-22-12-9-10-14-26-15-17-27(18-16-26)30-20-19-28-24-29(23-25(3)13-7-5-2)37-32(34)31(28)33(30,35)36/h15-18,24-25,30H,4-14,19-23H2,1-3H3. The molecule has 0 N–H and O–H groups in total. The van der Waals surface area contributed by atoms with Crippen molar-refractivity contribution in [2.45, 2.75) is 123 Å². The van der Waals surface area contributed by atoms with Crippen molar-refractivity contribution in [2.24, 2.45) is 5.92 Å². The van der Waals surface area contributed by atoms with E-state index in [1.165, 1.54) is 19.3 Å². The van der Waals surface area contributed by atoms with E-state index in [-0.39, 0.29) is 0 Å². The van der Waals surface area contributed by atoms with Crippen molar-refractivity contribution in [1.82, 2.24) is 4.98 Å². The third kappa shape index (κ3) is 8.83. The Labute approximate surface area is 228 Å². The zero-order valence-electron chi connectivity index (χ0n) is 23.8. The molecule has 2 nitrogen and oxygen atoms in total. The van der Waals surface area contributed by atoms with Crippen molar-refractivity contribution in [2.75, 3.05) is 13.2 Å². The number of benzene rings is 1. The van der Waals surface area contributed by atoms with Crippen molar-refractivity contribution in [3.05, 3.63) is 64.2 Å². The van der Waals surface area contributed by atoms with Crippen molar-refractivity contribution >= 4 is 0 Å². The Balaban J connectivity index is 1.51. The first-order valence-electron chi connectivity index (χ1n) is 15.1. The number of hydrogen-bond acceptors (Lipinski definition) is 2. The molecule has 5 heteroatoms. The number of ether oxygens (including phenoxy) is 1. The summed E-state index contributed by atoms with van der Waals surface area (Å²) in [6.07, 6.45) is 13.7. The van der Waals surface area contributed by atoms with Crippen LogP contribution in [-0.2, 0) is 29.9 Å². The number of unbranched alkanes of at least 4 members (excludes halogenated alkanes) is 6. The van der Waals surface area contributed by atoms with Crippen molar-refractivity contribution in [1.29, 1.82) is 0 Å². The summed E-state index contributed by atoms with van der Waals surface area (Å²) in [6, 6.07) is 9.27. The Bertz CT molecular complexity index is 959. The van der Waals surface area contributed by atoms with Gasteiger partial charge in [-0.2, -0.15) is 4.39 Å². The van der Waals surface area contributed by atoms with Crippen molar-refractivity contribution in [3.63, 3.8) is 0 Å². The third-order valence-electron chi connectivity index (χ3n) is 7.97. The van der Waals surface area contributed by atoms with Gasteiger partial charge < -0.3 is 4.74 Å². The first-order chi connectivity index (χ1) is 18.4. The molecule has 1 heterocycles. The van der Waals surface area contributed by atoms with E-state index in [9.17, 15) is 0 Å². The lowest BCUT2D eigenvalue weighted by Gasteiger charge is -2.34. The lowest BCUT2D eigenvalue weighted by Crippen LogP contribution is -2.32. The highest BCUT2D eigenvalue weighted by Crippen LogP contribution is 2.50. The molecular weight excluding hydrogens is 483 g/mol. The number of pyridine rings is 1. The summed E-state index contributed by atoms with van der Waals surface area (Å²) < 4.78 is 51.9. The minimum atomic E-state index is -3.27. The fraction of sp³-hybridized carbons (Fsp3) is 0.667. The van der Waals surface area contributed by atoms with Gasteiger partial charge in [-0.3, -0.25) is 0 Å². The number of halogens is 3. The first-order valence-corrected chi connectivity index (χ1v) is 15.1. The number of alkyl halides is 2. The van der Waals surface area contributed by atoms with E-state index in [4.69, 9.17) is 4.74 Å². The van der Waals surface area contributed by atoms with Crippen LogP contribution >= 0.6 is 0 Å². The Kier molecular flexibility index (Phi) is 12.6. The van der Waals surface area contributed by atoms with Crippen molar-refractivity contribution in [3.8, 4) is 0 Å². The summed E-state index contributed by atoms with van der Waals surface area (Å²) in [4.78, 5) is 3.99. The predicted octanol–water partition coefficient (Wildman–Crippen LogP) is 9.72. The normalized spacial score (nSPS) is 17.4. The number of aryl methyl sites for hydroxylation is 2. The molecule has 0 saturated carbocycles. The van der Waals surface area contributed by atoms with Crippen LogP contribution in [0.3, 0.4) is 0 Å². The van der Waals surface area contributed by atoms with Crippen LogP contribution in [0.4, 0.5) is 13.2 Å². The van der Waals surface area contributed by atoms with Gasteiger partial charge in [0.05, 0.1) is 11.5 Å². The largest absolute Gasteiger partial charge is 0.381 e. The van der Waals surface area contributed by atoms with E-state index in [2.05, 4.69) is 25.8 Å². The second-order valence-corrected chi connectivity index (χ2v) is 11.3. The van der Waals surface area contributed by atoms with Gasteiger partial charge in [0.1, 0.15) is 0 Å². The minimum absolute atomic E-state index is 0.312. The van der Waals surface area contributed by atoms with Crippen LogP contribution in [0.1, 0.15) is 125 Å². The highest BCUT2D eigenvalue weighted by atomic mass is 19.3. The van der Waals surface area contributed by atoms with Gasteiger partial charge >= 0.3 is 0 Å². The third-order valence-corrected chi connectivity index (χ3v) is 7.97. The molecule has 1 aromatic heterocycles. The molecule has 2 atom stereocenters. The lowest BCUT2D eigenvalue weighted by molar-refractivity contribution is -0.0474. The van der Waals surface area contributed by atoms with Crippen LogP contribution in [0.2, 0.25) is 0 Å². The monoisotopic (exact) mass is 531 g/mol. The van der Waals surface area contributed by atoms with E-state index >= 15 is 13.2 Å². The molecule has 2 unspecified atom stereocenters. The first kappa shape index (κ1) is 30.7. The summed E-state index contributed by atoms with van der Waals surface area (Å²) >= 11 is 0. The average molecular weight is 532 g/mol. The molecule has 1 aliphatic rings. The topological polar surface area (TPSA) is 22.1 Å². The van der Waals surface area contributed by atoms with Crippen LogP contribution in [0.15, 0.2) is 30.3 Å². The Morgan fingerprint density at radius 3 is 2.32 bits per heavy atom. The zero-order valence-corrected chi connectivity index (χ0v) is 23.8. The average Bonchev–Trinajstić information content (AvgIpc) is 2.88. The van der Waals surface area contributed by atoms with Crippen LogP contribution < -0.4 is 0 Å². The van der Waals surface area contributed by atoms with Gasteiger partial charge in [-0.25, -0.2) is 13.8 Å². The molecule has 0 bridgehead atoms. The number of rotatable bonds is 17. The maximum absolute atomic E-state index is 15.6. The second kappa shape index (κ2) is 15.6.